The Morgan fingerprint density at radius 2 is 1.69 bits per heavy atom. The van der Waals surface area contributed by atoms with E-state index in [1.165, 1.54) is 29.3 Å². The number of carbonyl (C=O) groups is 1. The molecule has 3 aromatic carbocycles. The minimum absolute atomic E-state index is 0.0477. The van der Waals surface area contributed by atoms with Crippen molar-refractivity contribution < 1.29 is 13.2 Å². The van der Waals surface area contributed by atoms with Crippen LogP contribution in [-0.4, -0.2) is 14.3 Å². The number of amides is 1. The normalized spacial score (nSPS) is 11.2. The maximum Gasteiger partial charge on any atom is 0.263 e. The van der Waals surface area contributed by atoms with Gasteiger partial charge in [0.25, 0.3) is 15.9 Å². The maximum atomic E-state index is 13.0. The first-order chi connectivity index (χ1) is 15.2. The lowest BCUT2D eigenvalue weighted by molar-refractivity contribution is 0.0950. The van der Waals surface area contributed by atoms with Gasteiger partial charge in [0.1, 0.15) is 4.90 Å². The Hall–Kier alpha value is -2.83. The third-order valence-corrected chi connectivity index (χ3v) is 7.22. The Balaban J connectivity index is 1.82. The Morgan fingerprint density at radius 1 is 0.938 bits per heavy atom. The van der Waals surface area contributed by atoms with Gasteiger partial charge in [-0.25, -0.2) is 8.42 Å². The lowest BCUT2D eigenvalue weighted by atomic mass is 10.0. The van der Waals surface area contributed by atoms with E-state index in [-0.39, 0.29) is 21.4 Å². The zero-order chi connectivity index (χ0) is 23.3. The molecule has 0 heterocycles. The van der Waals surface area contributed by atoms with Crippen molar-refractivity contribution in [3.05, 3.63) is 93.5 Å². The van der Waals surface area contributed by atoms with E-state index in [1.54, 1.807) is 25.1 Å². The molecule has 0 saturated carbocycles. The summed E-state index contributed by atoms with van der Waals surface area (Å²) in [4.78, 5) is 12.7. The van der Waals surface area contributed by atoms with Crippen LogP contribution in [0.25, 0.3) is 0 Å². The van der Waals surface area contributed by atoms with Gasteiger partial charge in [-0.15, -0.1) is 0 Å². The van der Waals surface area contributed by atoms with Crippen molar-refractivity contribution in [1.82, 2.24) is 5.32 Å². The molecule has 0 saturated heterocycles. The Bertz CT molecular complexity index is 1240. The second kappa shape index (κ2) is 10.2. The molecule has 0 unspecified atom stereocenters. The van der Waals surface area contributed by atoms with Crippen LogP contribution in [0.15, 0.2) is 65.6 Å². The van der Waals surface area contributed by atoms with E-state index in [1.807, 2.05) is 6.07 Å². The number of rotatable bonds is 8. The van der Waals surface area contributed by atoms with Gasteiger partial charge in [0, 0.05) is 12.1 Å². The van der Waals surface area contributed by atoms with Crippen molar-refractivity contribution in [1.29, 1.82) is 0 Å². The molecule has 1 amide bonds. The van der Waals surface area contributed by atoms with Crippen LogP contribution in [0, 0.1) is 6.92 Å². The molecule has 0 aromatic heterocycles. The molecular formula is C25H27ClN2O3S. The predicted molar refractivity (Wildman–Crippen MR) is 130 cm³/mol. The third-order valence-electron chi connectivity index (χ3n) is 5.37. The fraction of sp³-hybridized carbons (Fsp3) is 0.240. The van der Waals surface area contributed by atoms with Crippen LogP contribution < -0.4 is 10.0 Å². The van der Waals surface area contributed by atoms with Gasteiger partial charge in [0.15, 0.2) is 0 Å². The summed E-state index contributed by atoms with van der Waals surface area (Å²) in [5.74, 6) is -0.363. The smallest absolute Gasteiger partial charge is 0.263 e. The molecule has 3 rings (SSSR count). The predicted octanol–water partition coefficient (Wildman–Crippen LogP) is 5.50. The number of aryl methyl sites for hydroxylation is 3. The molecule has 0 spiro atoms. The first kappa shape index (κ1) is 23.8. The van der Waals surface area contributed by atoms with Crippen molar-refractivity contribution in [2.45, 2.75) is 45.1 Å². The molecule has 0 atom stereocenters. The number of para-hydroxylation sites is 1. The monoisotopic (exact) mass is 470 g/mol. The van der Waals surface area contributed by atoms with Gasteiger partial charge in [-0.3, -0.25) is 9.52 Å². The molecule has 168 valence electrons. The summed E-state index contributed by atoms with van der Waals surface area (Å²) < 4.78 is 28.5. The van der Waals surface area contributed by atoms with Crippen molar-refractivity contribution >= 4 is 33.2 Å². The lowest BCUT2D eigenvalue weighted by Crippen LogP contribution is -2.24. The second-order valence-corrected chi connectivity index (χ2v) is 9.62. The van der Waals surface area contributed by atoms with Crippen LogP contribution >= 0.6 is 11.6 Å². The topological polar surface area (TPSA) is 75.3 Å². The van der Waals surface area contributed by atoms with Gasteiger partial charge in [0.2, 0.25) is 0 Å². The summed E-state index contributed by atoms with van der Waals surface area (Å²) in [6, 6.07) is 17.6. The number of sulfonamides is 1. The average Bonchev–Trinajstić information content (AvgIpc) is 2.78. The lowest BCUT2D eigenvalue weighted by Gasteiger charge is -2.14. The average molecular weight is 471 g/mol. The van der Waals surface area contributed by atoms with E-state index in [0.717, 1.165) is 24.0 Å². The number of nitrogens with one attached hydrogen (secondary N) is 2. The zero-order valence-electron chi connectivity index (χ0n) is 18.4. The Labute approximate surface area is 194 Å². The Morgan fingerprint density at radius 3 is 2.38 bits per heavy atom. The van der Waals surface area contributed by atoms with Gasteiger partial charge in [-0.1, -0.05) is 61.8 Å². The number of benzene rings is 3. The van der Waals surface area contributed by atoms with E-state index in [9.17, 15) is 13.2 Å². The molecule has 0 aliphatic rings. The van der Waals surface area contributed by atoms with Crippen LogP contribution in [0.2, 0.25) is 5.02 Å². The van der Waals surface area contributed by atoms with Crippen molar-refractivity contribution in [3.63, 3.8) is 0 Å². The highest BCUT2D eigenvalue weighted by Crippen LogP contribution is 2.26. The maximum absolute atomic E-state index is 13.0. The summed E-state index contributed by atoms with van der Waals surface area (Å²) in [5, 5.41) is 2.95. The van der Waals surface area contributed by atoms with E-state index >= 15 is 0 Å². The minimum Gasteiger partial charge on any atom is -0.348 e. The van der Waals surface area contributed by atoms with Crippen molar-refractivity contribution in [2.24, 2.45) is 0 Å². The minimum atomic E-state index is -3.97. The van der Waals surface area contributed by atoms with Crippen LogP contribution in [0.3, 0.4) is 0 Å². The summed E-state index contributed by atoms with van der Waals surface area (Å²) in [6.45, 7) is 6.33. The molecule has 32 heavy (non-hydrogen) atoms. The molecule has 3 aromatic rings. The molecule has 0 bridgehead atoms. The standard InChI is InChI=1S/C25H27ClN2O3S/c1-4-18-10-11-19(5-2)21(14-18)16-27-25(29)20-12-13-22(26)24(15-20)32(30,31)28-23-9-7-6-8-17(23)3/h6-15,28H,4-5,16H2,1-3H3,(H,27,29). The highest BCUT2D eigenvalue weighted by Gasteiger charge is 2.21. The molecule has 0 fully saturated rings. The van der Waals surface area contributed by atoms with E-state index < -0.39 is 10.0 Å². The number of hydrogen-bond acceptors (Lipinski definition) is 3. The van der Waals surface area contributed by atoms with Gasteiger partial charge in [-0.2, -0.15) is 0 Å². The van der Waals surface area contributed by atoms with Crippen molar-refractivity contribution in [3.8, 4) is 0 Å². The number of halogens is 1. The van der Waals surface area contributed by atoms with Gasteiger partial charge < -0.3 is 5.32 Å². The van der Waals surface area contributed by atoms with E-state index in [2.05, 4.69) is 42.1 Å². The molecular weight excluding hydrogens is 444 g/mol. The zero-order valence-corrected chi connectivity index (χ0v) is 20.0. The molecule has 2 N–H and O–H groups in total. The summed E-state index contributed by atoms with van der Waals surface area (Å²) in [6.07, 6.45) is 1.78. The number of anilines is 1. The van der Waals surface area contributed by atoms with Crippen LogP contribution in [0.4, 0.5) is 5.69 Å². The summed E-state index contributed by atoms with van der Waals surface area (Å²) in [7, 11) is -3.97. The third kappa shape index (κ3) is 5.50. The number of carbonyl (C=O) groups excluding carboxylic acids is 1. The van der Waals surface area contributed by atoms with Crippen LogP contribution in [0.1, 0.15) is 46.5 Å². The van der Waals surface area contributed by atoms with Crippen molar-refractivity contribution in [2.75, 3.05) is 4.72 Å². The molecule has 0 aliphatic heterocycles. The highest BCUT2D eigenvalue weighted by molar-refractivity contribution is 7.92. The molecule has 5 nitrogen and oxygen atoms in total. The first-order valence-corrected chi connectivity index (χ1v) is 12.4. The summed E-state index contributed by atoms with van der Waals surface area (Å²) >= 11 is 6.19. The quantitative estimate of drug-likeness (QED) is 0.456. The van der Waals surface area contributed by atoms with Crippen LogP contribution in [0.5, 0.6) is 0 Å². The fourth-order valence-corrected chi connectivity index (χ4v) is 5.08. The fourth-order valence-electron chi connectivity index (χ4n) is 3.42. The largest absolute Gasteiger partial charge is 0.348 e. The van der Waals surface area contributed by atoms with Gasteiger partial charge >= 0.3 is 0 Å². The summed E-state index contributed by atoms with van der Waals surface area (Å²) in [5.41, 5.74) is 4.90. The van der Waals surface area contributed by atoms with Crippen LogP contribution in [-0.2, 0) is 29.4 Å². The van der Waals surface area contributed by atoms with Gasteiger partial charge in [-0.05, 0) is 66.3 Å². The van der Waals surface area contributed by atoms with E-state index in [0.29, 0.717) is 12.2 Å². The molecule has 0 radical (unpaired) electrons. The van der Waals surface area contributed by atoms with E-state index in [4.69, 9.17) is 11.6 Å². The van der Waals surface area contributed by atoms with Gasteiger partial charge in [0.05, 0.1) is 10.7 Å². The highest BCUT2D eigenvalue weighted by atomic mass is 35.5. The number of hydrogen-bond donors (Lipinski definition) is 2. The Kier molecular flexibility index (Phi) is 7.59. The SMILES string of the molecule is CCc1ccc(CC)c(CNC(=O)c2ccc(Cl)c(S(=O)(=O)Nc3ccccc3C)c2)c1. The molecule has 7 heteroatoms. The first-order valence-electron chi connectivity index (χ1n) is 10.5. The molecule has 0 aliphatic carbocycles. The second-order valence-electron chi connectivity index (χ2n) is 7.56.